The van der Waals surface area contributed by atoms with E-state index >= 15 is 0 Å². The maximum Gasteiger partial charge on any atom is 0.490 e. The van der Waals surface area contributed by atoms with Crippen LogP contribution in [-0.2, 0) is 35.7 Å². The van der Waals surface area contributed by atoms with Gasteiger partial charge in [0.05, 0.1) is 23.2 Å². The van der Waals surface area contributed by atoms with Crippen LogP contribution in [0.4, 0.5) is 39.5 Å². The monoisotopic (exact) mass is 1150 g/mol. The number of carbonyl (C=O) groups excluding carboxylic acids is 2. The zero-order valence-electron chi connectivity index (χ0n) is 38.6. The fourth-order valence-electron chi connectivity index (χ4n) is 7.80. The molecule has 0 aliphatic carbocycles. The molecule has 2 fully saturated rings. The number of nitrogens with zero attached hydrogens (tertiary/aromatic N) is 3. The fraction of sp³-hybridized carbons (Fsp3) is 0.370. The molecule has 4 heterocycles. The van der Waals surface area contributed by atoms with E-state index in [0.29, 0.717) is 33.4 Å². The van der Waals surface area contributed by atoms with Gasteiger partial charge in [0.15, 0.2) is 0 Å². The molecule has 0 radical (unpaired) electrons. The van der Waals surface area contributed by atoms with Crippen LogP contribution in [0.1, 0.15) is 73.9 Å². The topological polar surface area (TPSA) is 193 Å². The largest absolute Gasteiger partial charge is 0.490 e. The number of hydrogen-bond donors (Lipinski definition) is 4. The second-order valence-electron chi connectivity index (χ2n) is 17.3. The number of rotatable bonds is 10. The molecule has 2 atom stereocenters. The van der Waals surface area contributed by atoms with E-state index in [1.165, 1.54) is 40.7 Å². The molecule has 2 amide bonds. The lowest BCUT2D eigenvalue weighted by Gasteiger charge is -2.38. The van der Waals surface area contributed by atoms with Crippen LogP contribution in [0, 0.1) is 13.8 Å². The van der Waals surface area contributed by atoms with E-state index in [0.717, 1.165) is 25.2 Å². The SMILES string of the molecule is CCS(=O)(=O)N1CC(NC(=O)c2ccc(C3=NO[C@@](c4cc(Cl)cc(Cl)c4)(C(F)(F)F)C3)cc2C)C1.Cc1cc(C2=NO[C@@](c3cc(Cl)cc(Cl)c3)(C(F)(F)F)C2)ccc1C(=O)NC1C[NH2+]C1.O=C(O)C(F)(F)F. The smallest absolute Gasteiger partial charge is 0.475 e. The summed E-state index contributed by atoms with van der Waals surface area (Å²) < 4.78 is 142. The Bertz CT molecular complexity index is 2970. The molecule has 28 heteroatoms. The van der Waals surface area contributed by atoms with Crippen LogP contribution in [-0.4, -0.2) is 110 Å². The van der Waals surface area contributed by atoms with Crippen molar-refractivity contribution in [3.05, 3.63) is 137 Å². The number of quaternary nitrogens is 1. The highest BCUT2D eigenvalue weighted by Gasteiger charge is 2.63. The third kappa shape index (κ3) is 12.8. The minimum atomic E-state index is -5.08. The molecule has 0 saturated carbocycles. The zero-order chi connectivity index (χ0) is 54.9. The highest BCUT2D eigenvalue weighted by Crippen LogP contribution is 2.51. The Morgan fingerprint density at radius 3 is 1.34 bits per heavy atom. The van der Waals surface area contributed by atoms with E-state index in [4.69, 9.17) is 66.0 Å². The van der Waals surface area contributed by atoms with Gasteiger partial charge in [-0.25, -0.2) is 13.2 Å². The van der Waals surface area contributed by atoms with Gasteiger partial charge in [-0.2, -0.15) is 43.8 Å². The molecular weight excluding hydrogens is 1110 g/mol. The number of amides is 2. The van der Waals surface area contributed by atoms with Crippen molar-refractivity contribution in [3.8, 4) is 0 Å². The Morgan fingerprint density at radius 1 is 0.676 bits per heavy atom. The van der Waals surface area contributed by atoms with Gasteiger partial charge in [0.25, 0.3) is 23.0 Å². The van der Waals surface area contributed by atoms with Gasteiger partial charge in [-0.05, 0) is 104 Å². The molecule has 400 valence electrons. The summed E-state index contributed by atoms with van der Waals surface area (Å²) in [5.41, 5.74) is -3.00. The highest BCUT2D eigenvalue weighted by molar-refractivity contribution is 7.89. The lowest BCUT2D eigenvalue weighted by Crippen LogP contribution is -3.00. The van der Waals surface area contributed by atoms with E-state index in [1.54, 1.807) is 45.0 Å². The van der Waals surface area contributed by atoms with E-state index < -0.39 is 64.5 Å². The summed E-state index contributed by atoms with van der Waals surface area (Å²) in [6.07, 6.45) is -15.8. The lowest BCUT2D eigenvalue weighted by atomic mass is 9.86. The third-order valence-electron chi connectivity index (χ3n) is 12.1. The fourth-order valence-corrected chi connectivity index (χ4v) is 10.0. The van der Waals surface area contributed by atoms with Crippen molar-refractivity contribution in [2.45, 2.75) is 75.4 Å². The first kappa shape index (κ1) is 57.9. The molecule has 0 spiro atoms. The summed E-state index contributed by atoms with van der Waals surface area (Å²) in [7, 11) is -3.30. The number of sulfonamides is 1. The predicted octanol–water partition coefficient (Wildman–Crippen LogP) is 8.84. The second-order valence-corrected chi connectivity index (χ2v) is 21.3. The minimum absolute atomic E-state index is 0.0121. The summed E-state index contributed by atoms with van der Waals surface area (Å²) in [5, 5.41) is 22.6. The van der Waals surface area contributed by atoms with Gasteiger partial charge in [0.2, 0.25) is 10.0 Å². The van der Waals surface area contributed by atoms with Gasteiger partial charge >= 0.3 is 24.5 Å². The van der Waals surface area contributed by atoms with Crippen molar-refractivity contribution in [1.82, 2.24) is 14.9 Å². The second kappa shape index (κ2) is 22.1. The van der Waals surface area contributed by atoms with Crippen LogP contribution in [0.3, 0.4) is 0 Å². The molecule has 0 bridgehead atoms. The van der Waals surface area contributed by atoms with Crippen LogP contribution in [0.2, 0.25) is 20.1 Å². The van der Waals surface area contributed by atoms with Gasteiger partial charge in [-0.3, -0.25) is 9.59 Å². The van der Waals surface area contributed by atoms with Gasteiger partial charge in [-0.1, -0.05) is 68.8 Å². The Labute approximate surface area is 436 Å². The van der Waals surface area contributed by atoms with Crippen molar-refractivity contribution < 1.29 is 82.4 Å². The molecule has 8 rings (SSSR count). The van der Waals surface area contributed by atoms with E-state index in [9.17, 15) is 57.5 Å². The van der Waals surface area contributed by atoms with Gasteiger partial charge in [-0.15, -0.1) is 0 Å². The number of aliphatic carboxylic acids is 1. The number of alkyl halides is 9. The number of carboxylic acid groups (broad SMARTS) is 1. The summed E-state index contributed by atoms with van der Waals surface area (Å²) in [4.78, 5) is 44.1. The normalized spacial score (nSPS) is 20.2. The van der Waals surface area contributed by atoms with Gasteiger partial charge in [0.1, 0.15) is 19.1 Å². The summed E-state index contributed by atoms with van der Waals surface area (Å²) >= 11 is 23.7. The van der Waals surface area contributed by atoms with Crippen molar-refractivity contribution in [2.75, 3.05) is 31.9 Å². The number of halogens is 13. The maximum absolute atomic E-state index is 14.2. The number of aryl methyl sites for hydroxylation is 2. The molecule has 4 aromatic carbocycles. The minimum Gasteiger partial charge on any atom is -0.475 e. The number of nitrogens with two attached hydrogens (primary N) is 1. The van der Waals surface area contributed by atoms with Crippen molar-refractivity contribution in [1.29, 1.82) is 0 Å². The van der Waals surface area contributed by atoms with Crippen LogP contribution in [0.5, 0.6) is 0 Å². The first-order valence-electron chi connectivity index (χ1n) is 21.8. The molecular formula is C46H42Cl4F9N6O8S+. The molecule has 2 saturated heterocycles. The number of benzene rings is 4. The van der Waals surface area contributed by atoms with Crippen molar-refractivity contribution >= 4 is 85.6 Å². The quantitative estimate of drug-likeness (QED) is 0.113. The first-order valence-corrected chi connectivity index (χ1v) is 24.9. The summed E-state index contributed by atoms with van der Waals surface area (Å²) in [6, 6.07) is 16.5. The maximum atomic E-state index is 14.2. The summed E-state index contributed by atoms with van der Waals surface area (Å²) in [6.45, 7) is 7.00. The average molecular weight is 1150 g/mol. The Hall–Kier alpha value is -5.37. The predicted molar refractivity (Wildman–Crippen MR) is 254 cm³/mol. The van der Waals surface area contributed by atoms with Gasteiger partial charge < -0.3 is 30.7 Å². The van der Waals surface area contributed by atoms with E-state index in [-0.39, 0.29) is 79.5 Å². The molecule has 4 aliphatic heterocycles. The number of nitrogens with one attached hydrogen (secondary N) is 2. The molecule has 4 aromatic rings. The molecule has 5 N–H and O–H groups in total. The Morgan fingerprint density at radius 2 is 1.04 bits per heavy atom. The van der Waals surface area contributed by atoms with Crippen LogP contribution >= 0.6 is 46.4 Å². The number of carbonyl (C=O) groups is 3. The average Bonchev–Trinajstić information content (AvgIpc) is 3.94. The van der Waals surface area contributed by atoms with Crippen molar-refractivity contribution in [2.24, 2.45) is 10.3 Å². The van der Waals surface area contributed by atoms with Crippen LogP contribution in [0.25, 0.3) is 0 Å². The molecule has 14 nitrogen and oxygen atoms in total. The van der Waals surface area contributed by atoms with Crippen LogP contribution < -0.4 is 16.0 Å². The summed E-state index contributed by atoms with van der Waals surface area (Å²) in [5.74, 6) is -3.38. The third-order valence-corrected chi connectivity index (χ3v) is 14.7. The molecule has 4 aliphatic rings. The number of carboxylic acids is 1. The molecule has 74 heavy (non-hydrogen) atoms. The highest BCUT2D eigenvalue weighted by atomic mass is 35.5. The Balaban J connectivity index is 0.000000215. The number of oxime groups is 2. The molecule has 0 aromatic heterocycles. The first-order chi connectivity index (χ1) is 34.3. The molecule has 0 unspecified atom stereocenters. The van der Waals surface area contributed by atoms with Crippen molar-refractivity contribution in [3.63, 3.8) is 0 Å². The number of hydrogen-bond acceptors (Lipinski definition) is 9. The van der Waals surface area contributed by atoms with Gasteiger partial charge in [0, 0.05) is 68.3 Å². The zero-order valence-corrected chi connectivity index (χ0v) is 42.4. The lowest BCUT2D eigenvalue weighted by molar-refractivity contribution is -0.711. The van der Waals surface area contributed by atoms with E-state index in [2.05, 4.69) is 26.3 Å². The van der Waals surface area contributed by atoms with Crippen LogP contribution in [0.15, 0.2) is 83.1 Å². The van der Waals surface area contributed by atoms with E-state index in [1.807, 2.05) is 0 Å². The Kier molecular flexibility index (Phi) is 17.3. The standard InChI is InChI=1S/C23H22Cl2F3N3O4S.C21H18Cl2F3N3O2.C2HF3O2/c1-3-36(33,34)31-11-18(12-31)29-21(32)19-5-4-14(6-13(19)2)20-10-22(35-30-20,23(26,27)28)15-7-16(24)9-17(25)8-15;1-11-4-12(2-3-17(11)19(30)28-16-9-27-10-16)18-8-20(31-29-18,21(24,25)26)13-5-14(22)7-15(23)6-13;3-2(4,5)1(6)7/h4-9,18H,3,10-12H2,1-2H3,(H,29,32);2-7,16,27H,8-10H2,1H3,(H,28,30);(H,6,7)/p+1/t22-;20-;/m00./s1.